The number of carbonyl (C=O) groups excluding carboxylic acids is 1. The Balaban J connectivity index is 1.59. The standard InChI is InChI=1S/C28H28Cl2F2N4O4/c1-34(2)14-15-39-28(38)35-12-10-20(11-13-35)40-33-26(21-8-7-19(31)16-24(21)32)18-6-9-25(37)36(17-18)27-22(29)4-3-5-23(27)30/h3-9,16-17,20H,10-15H2,1-2H3. The highest BCUT2D eigenvalue weighted by molar-refractivity contribution is 6.37. The van der Waals surface area contributed by atoms with Crippen molar-refractivity contribution >= 4 is 35.0 Å². The van der Waals surface area contributed by atoms with Crippen LogP contribution in [0.4, 0.5) is 13.6 Å². The van der Waals surface area contributed by atoms with E-state index in [-0.39, 0.29) is 33.1 Å². The smallest absolute Gasteiger partial charge is 0.409 e. The number of halogens is 4. The van der Waals surface area contributed by atoms with E-state index in [1.165, 1.54) is 29.0 Å². The Bertz CT molecular complexity index is 1440. The fourth-order valence-electron chi connectivity index (χ4n) is 4.14. The molecule has 0 bridgehead atoms. The molecule has 0 radical (unpaired) electrons. The largest absolute Gasteiger partial charge is 0.448 e. The molecule has 1 fully saturated rings. The van der Waals surface area contributed by atoms with Gasteiger partial charge in [-0.25, -0.2) is 13.6 Å². The summed E-state index contributed by atoms with van der Waals surface area (Å²) in [6, 6.07) is 10.6. The van der Waals surface area contributed by atoms with Crippen molar-refractivity contribution in [2.75, 3.05) is 40.3 Å². The molecule has 0 spiro atoms. The van der Waals surface area contributed by atoms with Gasteiger partial charge in [0.05, 0.1) is 15.7 Å². The summed E-state index contributed by atoms with van der Waals surface area (Å²) >= 11 is 12.7. The number of pyridine rings is 1. The van der Waals surface area contributed by atoms with E-state index in [9.17, 15) is 18.4 Å². The van der Waals surface area contributed by atoms with Crippen LogP contribution in [0.2, 0.25) is 10.0 Å². The molecule has 1 saturated heterocycles. The number of hydrogen-bond acceptors (Lipinski definition) is 6. The number of oxime groups is 1. The predicted octanol–water partition coefficient (Wildman–Crippen LogP) is 5.35. The average molecular weight is 593 g/mol. The molecule has 0 unspecified atom stereocenters. The Hall–Kier alpha value is -3.47. The van der Waals surface area contributed by atoms with Gasteiger partial charge in [0, 0.05) is 61.9 Å². The third-order valence-electron chi connectivity index (χ3n) is 6.31. The maximum atomic E-state index is 14.9. The maximum Gasteiger partial charge on any atom is 0.409 e. The monoisotopic (exact) mass is 592 g/mol. The lowest BCUT2D eigenvalue weighted by molar-refractivity contribution is 0.00829. The first-order valence-corrected chi connectivity index (χ1v) is 13.3. The van der Waals surface area contributed by atoms with E-state index < -0.39 is 23.3 Å². The van der Waals surface area contributed by atoms with Gasteiger partial charge >= 0.3 is 6.09 Å². The predicted molar refractivity (Wildman–Crippen MR) is 150 cm³/mol. The van der Waals surface area contributed by atoms with Crippen molar-refractivity contribution in [3.63, 3.8) is 0 Å². The Labute approximate surface area is 240 Å². The summed E-state index contributed by atoms with van der Waals surface area (Å²) in [7, 11) is 3.79. The van der Waals surface area contributed by atoms with E-state index in [1.807, 2.05) is 19.0 Å². The number of carbonyl (C=O) groups is 1. The number of hydrogen-bond donors (Lipinski definition) is 0. The van der Waals surface area contributed by atoms with Crippen LogP contribution in [0.1, 0.15) is 24.0 Å². The molecule has 1 amide bonds. The minimum absolute atomic E-state index is 0.0289. The van der Waals surface area contributed by atoms with Crippen LogP contribution in [0.25, 0.3) is 5.69 Å². The number of nitrogens with zero attached hydrogens (tertiary/aromatic N) is 4. The fourth-order valence-corrected chi connectivity index (χ4v) is 4.72. The van der Waals surface area contributed by atoms with E-state index in [1.54, 1.807) is 23.1 Å². The van der Waals surface area contributed by atoms with Gasteiger partial charge in [-0.2, -0.15) is 0 Å². The Morgan fingerprint density at radius 1 is 1.07 bits per heavy atom. The molecular formula is C28H28Cl2F2N4O4. The molecule has 3 aromatic rings. The molecule has 40 heavy (non-hydrogen) atoms. The molecule has 0 aliphatic carbocycles. The highest BCUT2D eigenvalue weighted by atomic mass is 35.5. The third-order valence-corrected chi connectivity index (χ3v) is 6.92. The second-order valence-corrected chi connectivity index (χ2v) is 10.3. The van der Waals surface area contributed by atoms with Crippen molar-refractivity contribution in [2.45, 2.75) is 18.9 Å². The number of likely N-dealkylation sites (N-methyl/N-ethyl adjacent to an activating group) is 1. The molecule has 1 aliphatic rings. The molecule has 2 heterocycles. The van der Waals surface area contributed by atoms with Crippen molar-refractivity contribution in [1.82, 2.24) is 14.4 Å². The number of aromatic nitrogens is 1. The topological polar surface area (TPSA) is 76.4 Å². The molecule has 12 heteroatoms. The van der Waals surface area contributed by atoms with Gasteiger partial charge in [0.15, 0.2) is 0 Å². The number of rotatable bonds is 8. The van der Waals surface area contributed by atoms with Gasteiger partial charge in [-0.1, -0.05) is 34.4 Å². The van der Waals surface area contributed by atoms with Gasteiger partial charge in [0.25, 0.3) is 5.56 Å². The molecule has 4 rings (SSSR count). The normalized spacial score (nSPS) is 14.5. The molecular weight excluding hydrogens is 565 g/mol. The quantitative estimate of drug-likeness (QED) is 0.260. The Morgan fingerprint density at radius 2 is 1.77 bits per heavy atom. The van der Waals surface area contributed by atoms with Gasteiger partial charge in [-0.3, -0.25) is 9.36 Å². The lowest BCUT2D eigenvalue weighted by Gasteiger charge is -2.30. The van der Waals surface area contributed by atoms with Crippen molar-refractivity contribution < 1.29 is 23.1 Å². The van der Waals surface area contributed by atoms with Crippen LogP contribution in [0.5, 0.6) is 0 Å². The highest BCUT2D eigenvalue weighted by Gasteiger charge is 2.26. The first-order valence-electron chi connectivity index (χ1n) is 12.6. The number of likely N-dealkylation sites (tertiary alicyclic amines) is 1. The number of piperidine rings is 1. The van der Waals surface area contributed by atoms with E-state index in [0.717, 1.165) is 12.1 Å². The molecule has 212 valence electrons. The zero-order valence-electron chi connectivity index (χ0n) is 21.9. The van der Waals surface area contributed by atoms with Crippen molar-refractivity contribution in [1.29, 1.82) is 0 Å². The molecule has 1 aromatic heterocycles. The molecule has 8 nitrogen and oxygen atoms in total. The first-order chi connectivity index (χ1) is 19.1. The fraction of sp³-hybridized carbons (Fsp3) is 0.321. The second-order valence-electron chi connectivity index (χ2n) is 9.47. The Morgan fingerprint density at radius 3 is 2.42 bits per heavy atom. The summed E-state index contributed by atoms with van der Waals surface area (Å²) < 4.78 is 35.2. The summed E-state index contributed by atoms with van der Waals surface area (Å²) in [6.07, 6.45) is 1.61. The van der Waals surface area contributed by atoms with Crippen LogP contribution in [0, 0.1) is 11.6 Å². The highest BCUT2D eigenvalue weighted by Crippen LogP contribution is 2.28. The minimum atomic E-state index is -0.855. The van der Waals surface area contributed by atoms with E-state index >= 15 is 0 Å². The lowest BCUT2D eigenvalue weighted by atomic mass is 10.0. The van der Waals surface area contributed by atoms with Crippen molar-refractivity contribution in [3.05, 3.63) is 97.9 Å². The van der Waals surface area contributed by atoms with Gasteiger partial charge in [0.1, 0.15) is 30.1 Å². The van der Waals surface area contributed by atoms with Gasteiger partial charge in [-0.05, 0) is 44.4 Å². The SMILES string of the molecule is CN(C)CCOC(=O)N1CCC(ON=C(c2ccc(=O)n(-c3c(Cl)cccc3Cl)c2)c2ccc(F)cc2F)CC1. The van der Waals surface area contributed by atoms with Crippen LogP contribution in [0.3, 0.4) is 0 Å². The molecule has 0 N–H and O–H groups in total. The van der Waals surface area contributed by atoms with Gasteiger partial charge < -0.3 is 19.4 Å². The van der Waals surface area contributed by atoms with Crippen LogP contribution in [-0.4, -0.2) is 72.6 Å². The summed E-state index contributed by atoms with van der Waals surface area (Å²) in [5, 5.41) is 4.73. The summed E-state index contributed by atoms with van der Waals surface area (Å²) in [6.45, 7) is 1.72. The average Bonchev–Trinajstić information content (AvgIpc) is 2.91. The van der Waals surface area contributed by atoms with Crippen molar-refractivity contribution in [3.8, 4) is 5.69 Å². The number of para-hydroxylation sites is 1. The van der Waals surface area contributed by atoms with Crippen LogP contribution in [0.15, 0.2) is 64.7 Å². The Kier molecular flexibility index (Phi) is 9.78. The van der Waals surface area contributed by atoms with Gasteiger partial charge in [-0.15, -0.1) is 0 Å². The number of benzene rings is 2. The number of ether oxygens (including phenoxy) is 1. The summed E-state index contributed by atoms with van der Waals surface area (Å²) in [5.74, 6) is -1.61. The first kappa shape index (κ1) is 29.5. The van der Waals surface area contributed by atoms with E-state index in [0.29, 0.717) is 44.6 Å². The van der Waals surface area contributed by atoms with Crippen LogP contribution in [-0.2, 0) is 9.57 Å². The number of amides is 1. The summed E-state index contributed by atoms with van der Waals surface area (Å²) in [5.41, 5.74) is 0.146. The zero-order valence-corrected chi connectivity index (χ0v) is 23.5. The van der Waals surface area contributed by atoms with Crippen LogP contribution < -0.4 is 5.56 Å². The molecule has 1 aliphatic heterocycles. The zero-order chi connectivity index (χ0) is 28.8. The summed E-state index contributed by atoms with van der Waals surface area (Å²) in [4.78, 5) is 34.4. The second kappa shape index (κ2) is 13.3. The molecule has 0 atom stereocenters. The van der Waals surface area contributed by atoms with Crippen LogP contribution >= 0.6 is 23.2 Å². The lowest BCUT2D eigenvalue weighted by Crippen LogP contribution is -2.41. The third kappa shape index (κ3) is 7.18. The van der Waals surface area contributed by atoms with Crippen molar-refractivity contribution in [2.24, 2.45) is 5.16 Å². The van der Waals surface area contributed by atoms with E-state index in [2.05, 4.69) is 5.16 Å². The minimum Gasteiger partial charge on any atom is -0.448 e. The molecule has 0 saturated carbocycles. The van der Waals surface area contributed by atoms with Gasteiger partial charge in [0.2, 0.25) is 0 Å². The molecule has 2 aromatic carbocycles. The van der Waals surface area contributed by atoms with E-state index in [4.69, 9.17) is 32.8 Å². The maximum absolute atomic E-state index is 14.9.